The number of carboxylic acids is 1. The van der Waals surface area contributed by atoms with Crippen molar-refractivity contribution in [1.82, 2.24) is 14.8 Å². The Bertz CT molecular complexity index is 1400. The molecule has 3 N–H and O–H groups in total. The maximum atomic E-state index is 12.3. The van der Waals surface area contributed by atoms with Crippen LogP contribution in [0.3, 0.4) is 0 Å². The molecule has 0 bridgehead atoms. The summed E-state index contributed by atoms with van der Waals surface area (Å²) in [6.07, 6.45) is 0. The van der Waals surface area contributed by atoms with Gasteiger partial charge in [-0.2, -0.15) is 9.78 Å². The molecule has 0 saturated carbocycles. The number of thioether (sulfide) groups is 1. The summed E-state index contributed by atoms with van der Waals surface area (Å²) >= 11 is 15.6. The summed E-state index contributed by atoms with van der Waals surface area (Å²) in [5.41, 5.74) is 11.0. The summed E-state index contributed by atoms with van der Waals surface area (Å²) in [5, 5.41) is 16.2. The lowest BCUT2D eigenvalue weighted by Gasteiger charge is -2.21. The number of halogens is 2. The van der Waals surface area contributed by atoms with Crippen LogP contribution >= 0.6 is 46.3 Å². The number of nitrogens with zero attached hydrogens (tertiary/aromatic N) is 3. The fourth-order valence-electron chi connectivity index (χ4n) is 3.82. The Morgan fingerprint density at radius 2 is 1.88 bits per heavy atom. The van der Waals surface area contributed by atoms with Crippen molar-refractivity contribution in [3.8, 4) is 27.5 Å². The highest BCUT2D eigenvalue weighted by atomic mass is 35.5. The monoisotopic (exact) mass is 502 g/mol. The first-order chi connectivity index (χ1) is 15.2. The first-order valence-corrected chi connectivity index (χ1v) is 12.1. The molecule has 0 amide bonds. The Labute approximate surface area is 202 Å². The number of aryl methyl sites for hydroxylation is 1. The fraction of sp³-hybridized carbons (Fsp3) is 0.136. The van der Waals surface area contributed by atoms with Crippen LogP contribution in [-0.4, -0.2) is 25.8 Å². The molecule has 1 aliphatic heterocycles. The van der Waals surface area contributed by atoms with Gasteiger partial charge < -0.3 is 10.8 Å². The van der Waals surface area contributed by atoms with Crippen molar-refractivity contribution in [2.24, 2.45) is 0 Å². The van der Waals surface area contributed by atoms with Crippen LogP contribution in [0.4, 0.5) is 5.69 Å². The quantitative estimate of drug-likeness (QED) is 0.301. The van der Waals surface area contributed by atoms with Gasteiger partial charge in [0.25, 0.3) is 0 Å². The van der Waals surface area contributed by atoms with Gasteiger partial charge in [0.05, 0.1) is 25.6 Å². The number of rotatable bonds is 3. The number of carboxylic acid groups (broad SMARTS) is 1. The molecule has 1 atom stereocenters. The maximum Gasteiger partial charge on any atom is 0.355 e. The molecule has 0 aliphatic carbocycles. The number of thiazole rings is 1. The van der Waals surface area contributed by atoms with Crippen LogP contribution in [0.2, 0.25) is 10.0 Å². The summed E-state index contributed by atoms with van der Waals surface area (Å²) in [5.74, 6) is -1.08. The zero-order valence-electron chi connectivity index (χ0n) is 16.9. The number of fused-ring (bicyclic) bond motifs is 3. The Kier molecular flexibility index (Phi) is 5.21. The van der Waals surface area contributed by atoms with Crippen molar-refractivity contribution in [3.63, 3.8) is 0 Å². The topological polar surface area (TPSA) is 94.0 Å². The van der Waals surface area contributed by atoms with Crippen molar-refractivity contribution in [2.75, 3.05) is 5.73 Å². The SMILES string of the molecule is Cc1nn(-c2nc3c(s2)SC(C)c2cc(Cl)c(Cl)cc2-3)c(C(=O)O)c1-c1ccc(N)cc1. The van der Waals surface area contributed by atoms with E-state index < -0.39 is 5.97 Å². The molecule has 1 unspecified atom stereocenters. The Hall–Kier alpha value is -2.52. The molecule has 0 fully saturated rings. The van der Waals surface area contributed by atoms with E-state index in [0.717, 1.165) is 26.6 Å². The predicted molar refractivity (Wildman–Crippen MR) is 131 cm³/mol. The van der Waals surface area contributed by atoms with E-state index in [-0.39, 0.29) is 10.9 Å². The lowest BCUT2D eigenvalue weighted by molar-refractivity contribution is 0.0688. The maximum absolute atomic E-state index is 12.3. The van der Waals surface area contributed by atoms with Crippen molar-refractivity contribution >= 4 is 58.0 Å². The van der Waals surface area contributed by atoms with E-state index in [0.29, 0.717) is 32.1 Å². The molecule has 0 spiro atoms. The summed E-state index contributed by atoms with van der Waals surface area (Å²) in [7, 11) is 0. The minimum absolute atomic E-state index is 0.0609. The molecule has 0 radical (unpaired) electrons. The number of hydrogen-bond donors (Lipinski definition) is 2. The number of aromatic nitrogens is 3. The Morgan fingerprint density at radius 3 is 2.56 bits per heavy atom. The zero-order chi connectivity index (χ0) is 22.7. The third-order valence-corrected chi connectivity index (χ3v) is 8.40. The van der Waals surface area contributed by atoms with Crippen molar-refractivity contribution in [3.05, 3.63) is 63.4 Å². The van der Waals surface area contributed by atoms with E-state index in [2.05, 4.69) is 12.0 Å². The van der Waals surface area contributed by atoms with E-state index in [4.69, 9.17) is 33.9 Å². The van der Waals surface area contributed by atoms with Crippen molar-refractivity contribution in [2.45, 2.75) is 23.3 Å². The van der Waals surface area contributed by atoms with Crippen LogP contribution in [-0.2, 0) is 0 Å². The smallest absolute Gasteiger partial charge is 0.355 e. The van der Waals surface area contributed by atoms with Crippen LogP contribution in [0.5, 0.6) is 0 Å². The number of carbonyl (C=O) groups is 1. The predicted octanol–water partition coefficient (Wildman–Crippen LogP) is 6.73. The van der Waals surface area contributed by atoms with E-state index in [1.54, 1.807) is 43.0 Å². The molecule has 3 heterocycles. The molecule has 6 nitrogen and oxygen atoms in total. The largest absolute Gasteiger partial charge is 0.476 e. The van der Waals surface area contributed by atoms with Gasteiger partial charge in [0.2, 0.25) is 5.13 Å². The molecule has 32 heavy (non-hydrogen) atoms. The zero-order valence-corrected chi connectivity index (χ0v) is 20.0. The van der Waals surface area contributed by atoms with E-state index in [9.17, 15) is 9.90 Å². The van der Waals surface area contributed by atoms with Crippen LogP contribution < -0.4 is 5.73 Å². The van der Waals surface area contributed by atoms with Gasteiger partial charge in [-0.15, -0.1) is 11.8 Å². The van der Waals surface area contributed by atoms with E-state index in [1.807, 2.05) is 12.1 Å². The first-order valence-electron chi connectivity index (χ1n) is 9.60. The third kappa shape index (κ3) is 3.38. The summed E-state index contributed by atoms with van der Waals surface area (Å²) in [4.78, 5) is 17.1. The fourth-order valence-corrected chi connectivity index (χ4v) is 6.69. The second kappa shape index (κ2) is 7.81. The lowest BCUT2D eigenvalue weighted by atomic mass is 10.0. The minimum Gasteiger partial charge on any atom is -0.476 e. The summed E-state index contributed by atoms with van der Waals surface area (Å²) in [6, 6.07) is 10.8. The van der Waals surface area contributed by atoms with Gasteiger partial charge in [0.15, 0.2) is 5.69 Å². The van der Waals surface area contributed by atoms with Gasteiger partial charge in [-0.3, -0.25) is 0 Å². The molecule has 2 aromatic heterocycles. The molecule has 1 aliphatic rings. The Morgan fingerprint density at radius 1 is 1.19 bits per heavy atom. The van der Waals surface area contributed by atoms with E-state index in [1.165, 1.54) is 16.0 Å². The minimum atomic E-state index is -1.08. The van der Waals surface area contributed by atoms with Gasteiger partial charge in [-0.25, -0.2) is 9.78 Å². The molecule has 162 valence electrons. The highest BCUT2D eigenvalue weighted by Crippen LogP contribution is 2.53. The number of benzene rings is 2. The van der Waals surface area contributed by atoms with Crippen molar-refractivity contribution < 1.29 is 9.90 Å². The third-order valence-electron chi connectivity index (χ3n) is 5.30. The lowest BCUT2D eigenvalue weighted by Crippen LogP contribution is -2.09. The van der Waals surface area contributed by atoms with Crippen molar-refractivity contribution in [1.29, 1.82) is 0 Å². The normalized spacial score (nSPS) is 14.8. The van der Waals surface area contributed by atoms with Crippen LogP contribution in [0, 0.1) is 6.92 Å². The summed E-state index contributed by atoms with van der Waals surface area (Å²) in [6.45, 7) is 3.88. The first kappa shape index (κ1) is 21.3. The van der Waals surface area contributed by atoms with Gasteiger partial charge in [0, 0.05) is 22.1 Å². The second-order valence-electron chi connectivity index (χ2n) is 7.39. The molecule has 10 heteroatoms. The highest BCUT2D eigenvalue weighted by Gasteiger charge is 2.30. The molecule has 0 saturated heterocycles. The average molecular weight is 503 g/mol. The average Bonchev–Trinajstić information content (AvgIpc) is 3.31. The molecular weight excluding hydrogens is 487 g/mol. The van der Waals surface area contributed by atoms with Gasteiger partial charge in [0.1, 0.15) is 0 Å². The number of nitrogens with two attached hydrogens (primary N) is 1. The standard InChI is InChI=1S/C22H16Cl2N4O2S2/c1-9-17(11-3-5-12(25)6-4-11)19(20(29)30)28(27-9)22-26-18-14-8-16(24)15(23)7-13(14)10(2)31-21(18)32-22/h3-8,10H,25H2,1-2H3,(H,29,30). The van der Waals surface area contributed by atoms with Gasteiger partial charge >= 0.3 is 5.97 Å². The highest BCUT2D eigenvalue weighted by molar-refractivity contribution is 8.01. The number of anilines is 1. The number of nitrogen functional groups attached to an aromatic ring is 1. The number of hydrogen-bond acceptors (Lipinski definition) is 6. The van der Waals surface area contributed by atoms with Crippen LogP contribution in [0.15, 0.2) is 40.6 Å². The second-order valence-corrected chi connectivity index (χ2v) is 10.8. The van der Waals surface area contributed by atoms with Crippen LogP contribution in [0.1, 0.15) is 33.9 Å². The number of aromatic carboxylic acids is 1. The Balaban J connectivity index is 1.70. The molecular formula is C22H16Cl2N4O2S2. The molecule has 2 aromatic carbocycles. The summed E-state index contributed by atoms with van der Waals surface area (Å²) < 4.78 is 2.39. The van der Waals surface area contributed by atoms with Crippen LogP contribution in [0.25, 0.3) is 27.5 Å². The molecule has 4 aromatic rings. The van der Waals surface area contributed by atoms with Gasteiger partial charge in [-0.05, 0) is 49.2 Å². The molecule has 5 rings (SSSR count). The van der Waals surface area contributed by atoms with Gasteiger partial charge in [-0.1, -0.05) is 46.7 Å². The van der Waals surface area contributed by atoms with E-state index >= 15 is 0 Å².